The van der Waals surface area contributed by atoms with Gasteiger partial charge in [0, 0.05) is 26.8 Å². The molecule has 29 heavy (non-hydrogen) atoms. The molecular weight excluding hydrogens is 404 g/mol. The Kier molecular flexibility index (Phi) is 7.73. The fraction of sp³-hybridized carbons (Fsp3) is 0.130. The second kappa shape index (κ2) is 10.7. The third kappa shape index (κ3) is 6.38. The Morgan fingerprint density at radius 1 is 1.07 bits per heavy atom. The average Bonchev–Trinajstić information content (AvgIpc) is 2.75. The van der Waals surface area contributed by atoms with Crippen LogP contribution in [0.1, 0.15) is 28.4 Å². The van der Waals surface area contributed by atoms with Crippen LogP contribution < -0.4 is 10.2 Å². The van der Waals surface area contributed by atoms with Crippen LogP contribution in [0.5, 0.6) is 5.75 Å². The molecule has 0 fully saturated rings. The van der Waals surface area contributed by atoms with Crippen LogP contribution >= 0.6 is 23.4 Å². The van der Waals surface area contributed by atoms with Gasteiger partial charge in [-0.05, 0) is 61.0 Å². The summed E-state index contributed by atoms with van der Waals surface area (Å²) in [5, 5.41) is 4.78. The molecule has 6 heteroatoms. The summed E-state index contributed by atoms with van der Waals surface area (Å²) in [5.74, 6) is 1.29. The molecule has 148 valence electrons. The minimum atomic E-state index is -0.257. The van der Waals surface area contributed by atoms with Crippen molar-refractivity contribution < 1.29 is 9.53 Å². The van der Waals surface area contributed by atoms with Gasteiger partial charge in [-0.25, -0.2) is 5.43 Å². The zero-order chi connectivity index (χ0) is 20.5. The van der Waals surface area contributed by atoms with Gasteiger partial charge in [-0.15, -0.1) is 11.8 Å². The zero-order valence-corrected chi connectivity index (χ0v) is 17.5. The summed E-state index contributed by atoms with van der Waals surface area (Å²) in [6.45, 7) is 2.49. The molecule has 1 N–H and O–H groups in total. The summed E-state index contributed by atoms with van der Waals surface area (Å²) < 4.78 is 5.54. The lowest BCUT2D eigenvalue weighted by atomic mass is 10.1. The second-order valence-electron chi connectivity index (χ2n) is 6.11. The van der Waals surface area contributed by atoms with E-state index in [1.165, 1.54) is 0 Å². The van der Waals surface area contributed by atoms with Crippen molar-refractivity contribution >= 4 is 35.5 Å². The molecule has 0 unspecified atom stereocenters. The number of amides is 1. The topological polar surface area (TPSA) is 50.7 Å². The Bertz CT molecular complexity index is 973. The number of hydrogen-bond donors (Lipinski definition) is 1. The molecule has 0 aliphatic carbocycles. The Morgan fingerprint density at radius 2 is 1.79 bits per heavy atom. The molecule has 0 atom stereocenters. The summed E-state index contributed by atoms with van der Waals surface area (Å²) in [5.41, 5.74) is 5.06. The molecule has 0 spiro atoms. The molecule has 0 heterocycles. The van der Waals surface area contributed by atoms with Gasteiger partial charge < -0.3 is 4.74 Å². The molecular formula is C23H21ClN2O2S. The first kappa shape index (κ1) is 21.0. The van der Waals surface area contributed by atoms with Crippen molar-refractivity contribution in [3.63, 3.8) is 0 Å². The van der Waals surface area contributed by atoms with E-state index in [1.807, 2.05) is 67.6 Å². The molecule has 3 aromatic carbocycles. The number of rotatable bonds is 8. The molecule has 3 rings (SSSR count). The number of carbonyl (C=O) groups is 1. The van der Waals surface area contributed by atoms with Crippen molar-refractivity contribution in [3.05, 3.63) is 94.5 Å². The molecule has 0 saturated carbocycles. The number of benzene rings is 3. The number of para-hydroxylation sites is 1. The van der Waals surface area contributed by atoms with E-state index >= 15 is 0 Å². The van der Waals surface area contributed by atoms with Crippen LogP contribution in [0.15, 0.2) is 82.8 Å². The average molecular weight is 425 g/mol. The van der Waals surface area contributed by atoms with E-state index in [9.17, 15) is 4.79 Å². The van der Waals surface area contributed by atoms with Gasteiger partial charge in [0.25, 0.3) is 5.91 Å². The van der Waals surface area contributed by atoms with Crippen LogP contribution in [-0.4, -0.2) is 18.7 Å². The van der Waals surface area contributed by atoms with Gasteiger partial charge in [0.05, 0.1) is 12.8 Å². The highest BCUT2D eigenvalue weighted by Gasteiger charge is 2.05. The molecule has 0 aliphatic rings. The Labute approximate surface area is 179 Å². The van der Waals surface area contributed by atoms with Gasteiger partial charge in [0.1, 0.15) is 5.75 Å². The van der Waals surface area contributed by atoms with Crippen molar-refractivity contribution in [3.8, 4) is 5.75 Å². The maximum atomic E-state index is 12.3. The van der Waals surface area contributed by atoms with E-state index in [0.29, 0.717) is 12.2 Å². The summed E-state index contributed by atoms with van der Waals surface area (Å²) in [6.07, 6.45) is 1.58. The molecule has 4 nitrogen and oxygen atoms in total. The number of nitrogens with zero attached hydrogens (tertiary/aromatic N) is 1. The number of thioether (sulfide) groups is 1. The SMILES string of the molecule is CCOc1ccccc1C=NNC(=O)c1ccc(CSc2ccc(Cl)cc2)cc1. The monoisotopic (exact) mass is 424 g/mol. The minimum absolute atomic E-state index is 0.257. The summed E-state index contributed by atoms with van der Waals surface area (Å²) in [4.78, 5) is 13.4. The van der Waals surface area contributed by atoms with Gasteiger partial charge in [0.15, 0.2) is 0 Å². The van der Waals surface area contributed by atoms with Crippen molar-refractivity contribution in [2.45, 2.75) is 17.6 Å². The van der Waals surface area contributed by atoms with Crippen LogP contribution in [0, 0.1) is 0 Å². The number of halogens is 1. The van der Waals surface area contributed by atoms with Gasteiger partial charge in [-0.1, -0.05) is 35.9 Å². The van der Waals surface area contributed by atoms with E-state index in [2.05, 4.69) is 10.5 Å². The zero-order valence-electron chi connectivity index (χ0n) is 16.0. The Morgan fingerprint density at radius 3 is 2.52 bits per heavy atom. The first-order valence-corrected chi connectivity index (χ1v) is 10.5. The third-order valence-corrected chi connectivity index (χ3v) is 5.36. The summed E-state index contributed by atoms with van der Waals surface area (Å²) >= 11 is 7.62. The predicted molar refractivity (Wildman–Crippen MR) is 120 cm³/mol. The van der Waals surface area contributed by atoms with Crippen molar-refractivity contribution in [2.24, 2.45) is 5.10 Å². The Hall–Kier alpha value is -2.76. The lowest BCUT2D eigenvalue weighted by Gasteiger charge is -2.06. The number of ether oxygens (including phenoxy) is 1. The predicted octanol–water partition coefficient (Wildman–Crippen LogP) is 5.79. The van der Waals surface area contributed by atoms with Crippen molar-refractivity contribution in [1.29, 1.82) is 0 Å². The van der Waals surface area contributed by atoms with Crippen LogP contribution in [0.4, 0.5) is 0 Å². The minimum Gasteiger partial charge on any atom is -0.493 e. The number of nitrogens with one attached hydrogen (secondary N) is 1. The maximum absolute atomic E-state index is 12.3. The van der Waals surface area contributed by atoms with E-state index in [4.69, 9.17) is 16.3 Å². The largest absolute Gasteiger partial charge is 0.493 e. The van der Waals surface area contributed by atoms with E-state index < -0.39 is 0 Å². The van der Waals surface area contributed by atoms with Crippen LogP contribution in [0.2, 0.25) is 5.02 Å². The molecule has 3 aromatic rings. The van der Waals surface area contributed by atoms with Crippen LogP contribution in [-0.2, 0) is 5.75 Å². The van der Waals surface area contributed by atoms with Crippen molar-refractivity contribution in [2.75, 3.05) is 6.61 Å². The molecule has 0 saturated heterocycles. The van der Waals surface area contributed by atoms with Gasteiger partial charge >= 0.3 is 0 Å². The van der Waals surface area contributed by atoms with Crippen LogP contribution in [0.25, 0.3) is 0 Å². The van der Waals surface area contributed by atoms with Gasteiger partial charge in [-0.3, -0.25) is 4.79 Å². The van der Waals surface area contributed by atoms with E-state index in [-0.39, 0.29) is 5.91 Å². The highest BCUT2D eigenvalue weighted by atomic mass is 35.5. The molecule has 1 amide bonds. The van der Waals surface area contributed by atoms with Crippen molar-refractivity contribution in [1.82, 2.24) is 5.43 Å². The standard InChI is InChI=1S/C23H21ClN2O2S/c1-2-28-22-6-4-3-5-19(22)15-25-26-23(27)18-9-7-17(8-10-18)16-29-21-13-11-20(24)12-14-21/h3-15H,2,16H2,1H3,(H,26,27). The fourth-order valence-electron chi connectivity index (χ4n) is 2.55. The quantitative estimate of drug-likeness (QED) is 0.282. The van der Waals surface area contributed by atoms with Crippen LogP contribution in [0.3, 0.4) is 0 Å². The molecule has 0 aliphatic heterocycles. The van der Waals surface area contributed by atoms with E-state index in [1.54, 1.807) is 30.1 Å². The fourth-order valence-corrected chi connectivity index (χ4v) is 3.53. The summed E-state index contributed by atoms with van der Waals surface area (Å²) in [7, 11) is 0. The number of carbonyl (C=O) groups excluding carboxylic acids is 1. The normalized spacial score (nSPS) is 10.8. The second-order valence-corrected chi connectivity index (χ2v) is 7.59. The highest BCUT2D eigenvalue weighted by Crippen LogP contribution is 2.24. The first-order valence-electron chi connectivity index (χ1n) is 9.18. The lowest BCUT2D eigenvalue weighted by molar-refractivity contribution is 0.0955. The number of hydrazone groups is 1. The van der Waals surface area contributed by atoms with Gasteiger partial charge in [-0.2, -0.15) is 5.10 Å². The Balaban J connectivity index is 1.54. The lowest BCUT2D eigenvalue weighted by Crippen LogP contribution is -2.17. The maximum Gasteiger partial charge on any atom is 0.271 e. The first-order chi connectivity index (χ1) is 14.2. The number of hydrogen-bond acceptors (Lipinski definition) is 4. The smallest absolute Gasteiger partial charge is 0.271 e. The summed E-state index contributed by atoms with van der Waals surface area (Å²) in [6, 6.07) is 22.8. The molecule has 0 aromatic heterocycles. The van der Waals surface area contributed by atoms with Gasteiger partial charge in [0.2, 0.25) is 0 Å². The molecule has 0 radical (unpaired) electrons. The highest BCUT2D eigenvalue weighted by molar-refractivity contribution is 7.98. The molecule has 0 bridgehead atoms. The third-order valence-electron chi connectivity index (χ3n) is 4.02. The van der Waals surface area contributed by atoms with E-state index in [0.717, 1.165) is 32.5 Å².